The smallest absolute Gasteiger partial charge is 0.238 e. The van der Waals surface area contributed by atoms with Crippen LogP contribution in [0.4, 0.5) is 5.69 Å². The van der Waals surface area contributed by atoms with Gasteiger partial charge in [0.25, 0.3) is 0 Å². The van der Waals surface area contributed by atoms with Crippen LogP contribution >= 0.6 is 0 Å². The first-order chi connectivity index (χ1) is 10.2. The number of hydrogen-bond donors (Lipinski definition) is 3. The van der Waals surface area contributed by atoms with Crippen LogP contribution in [0.5, 0.6) is 0 Å². The van der Waals surface area contributed by atoms with Crippen LogP contribution in [-0.4, -0.2) is 54.7 Å². The van der Waals surface area contributed by atoms with Crippen molar-refractivity contribution in [2.24, 2.45) is 0 Å². The van der Waals surface area contributed by atoms with E-state index in [0.29, 0.717) is 19.1 Å². The van der Waals surface area contributed by atoms with E-state index >= 15 is 0 Å². The van der Waals surface area contributed by atoms with Gasteiger partial charge in [-0.05, 0) is 37.9 Å². The Morgan fingerprint density at radius 3 is 2.95 bits per heavy atom. The number of aliphatic hydroxyl groups is 1. The molecule has 5 heteroatoms. The Bertz CT molecular complexity index is 459. The van der Waals surface area contributed by atoms with Gasteiger partial charge in [0.2, 0.25) is 5.91 Å². The lowest BCUT2D eigenvalue weighted by molar-refractivity contribution is -0.117. The van der Waals surface area contributed by atoms with E-state index in [1.807, 2.05) is 36.1 Å². The molecule has 0 aliphatic carbocycles. The summed E-state index contributed by atoms with van der Waals surface area (Å²) in [7, 11) is 0. The minimum Gasteiger partial charge on any atom is -0.395 e. The molecule has 21 heavy (non-hydrogen) atoms. The summed E-state index contributed by atoms with van der Waals surface area (Å²) in [6, 6.07) is 8.18. The van der Waals surface area contributed by atoms with Gasteiger partial charge in [0.05, 0.1) is 13.2 Å². The molecule has 0 radical (unpaired) electrons. The third-order valence-electron chi connectivity index (χ3n) is 3.84. The van der Waals surface area contributed by atoms with Crippen molar-refractivity contribution >= 4 is 11.6 Å². The van der Waals surface area contributed by atoms with Gasteiger partial charge in [0, 0.05) is 24.8 Å². The average molecular weight is 291 g/mol. The van der Waals surface area contributed by atoms with Crippen molar-refractivity contribution in [3.63, 3.8) is 0 Å². The SMILES string of the molecule is Cc1ccccc1NC(=O)CN(CCO)CC1CCCN1. The molecule has 1 saturated heterocycles. The van der Waals surface area contributed by atoms with Crippen LogP contribution in [0.3, 0.4) is 0 Å². The van der Waals surface area contributed by atoms with Crippen LogP contribution in [0.2, 0.25) is 0 Å². The fourth-order valence-electron chi connectivity index (χ4n) is 2.71. The summed E-state index contributed by atoms with van der Waals surface area (Å²) >= 11 is 0. The van der Waals surface area contributed by atoms with Gasteiger partial charge in [-0.25, -0.2) is 0 Å². The second kappa shape index (κ2) is 8.12. The number of para-hydroxylation sites is 1. The largest absolute Gasteiger partial charge is 0.395 e. The molecule has 1 unspecified atom stereocenters. The maximum atomic E-state index is 12.2. The molecule has 1 aromatic carbocycles. The van der Waals surface area contributed by atoms with Crippen molar-refractivity contribution in [2.45, 2.75) is 25.8 Å². The normalized spacial score (nSPS) is 18.1. The lowest BCUT2D eigenvalue weighted by atomic mass is 10.2. The van der Waals surface area contributed by atoms with Gasteiger partial charge in [-0.15, -0.1) is 0 Å². The summed E-state index contributed by atoms with van der Waals surface area (Å²) in [6.45, 7) is 4.75. The van der Waals surface area contributed by atoms with E-state index in [9.17, 15) is 4.79 Å². The number of nitrogens with one attached hydrogen (secondary N) is 2. The number of rotatable bonds is 7. The molecule has 1 fully saturated rings. The molecule has 1 aliphatic heterocycles. The second-order valence-electron chi connectivity index (χ2n) is 5.62. The molecule has 2 rings (SSSR count). The molecule has 5 nitrogen and oxygen atoms in total. The van der Waals surface area contributed by atoms with Crippen LogP contribution in [0, 0.1) is 6.92 Å². The van der Waals surface area contributed by atoms with E-state index in [2.05, 4.69) is 10.6 Å². The zero-order valence-electron chi connectivity index (χ0n) is 12.6. The summed E-state index contributed by atoms with van der Waals surface area (Å²) in [5, 5.41) is 15.5. The number of aryl methyl sites for hydroxylation is 1. The van der Waals surface area contributed by atoms with Crippen molar-refractivity contribution < 1.29 is 9.90 Å². The molecular weight excluding hydrogens is 266 g/mol. The molecule has 0 aromatic heterocycles. The van der Waals surface area contributed by atoms with Crippen molar-refractivity contribution in [1.29, 1.82) is 0 Å². The monoisotopic (exact) mass is 291 g/mol. The molecule has 1 amide bonds. The van der Waals surface area contributed by atoms with Crippen LogP contribution in [0.1, 0.15) is 18.4 Å². The van der Waals surface area contributed by atoms with Crippen molar-refractivity contribution in [1.82, 2.24) is 10.2 Å². The van der Waals surface area contributed by atoms with Crippen LogP contribution in [-0.2, 0) is 4.79 Å². The molecule has 3 N–H and O–H groups in total. The molecule has 0 bridgehead atoms. The molecular formula is C16H25N3O2. The average Bonchev–Trinajstić information content (AvgIpc) is 2.94. The lowest BCUT2D eigenvalue weighted by Gasteiger charge is -2.24. The minimum atomic E-state index is -0.0317. The van der Waals surface area contributed by atoms with Gasteiger partial charge in [0.1, 0.15) is 0 Å². The number of carbonyl (C=O) groups is 1. The predicted molar refractivity (Wildman–Crippen MR) is 84.4 cm³/mol. The van der Waals surface area contributed by atoms with Crippen LogP contribution in [0.15, 0.2) is 24.3 Å². The Hall–Kier alpha value is -1.43. The van der Waals surface area contributed by atoms with Gasteiger partial charge in [-0.3, -0.25) is 9.69 Å². The Labute approximate surface area is 126 Å². The van der Waals surface area contributed by atoms with Crippen LogP contribution < -0.4 is 10.6 Å². The Kier molecular flexibility index (Phi) is 6.17. The fraction of sp³-hybridized carbons (Fsp3) is 0.562. The number of anilines is 1. The van der Waals surface area contributed by atoms with Crippen LogP contribution in [0.25, 0.3) is 0 Å². The van der Waals surface area contributed by atoms with Crippen molar-refractivity contribution in [3.05, 3.63) is 29.8 Å². The Morgan fingerprint density at radius 1 is 1.48 bits per heavy atom. The maximum Gasteiger partial charge on any atom is 0.238 e. The summed E-state index contributed by atoms with van der Waals surface area (Å²) < 4.78 is 0. The topological polar surface area (TPSA) is 64.6 Å². The second-order valence-corrected chi connectivity index (χ2v) is 5.62. The van der Waals surface area contributed by atoms with E-state index in [-0.39, 0.29) is 12.5 Å². The minimum absolute atomic E-state index is 0.0317. The first kappa shape index (κ1) is 15.9. The fourth-order valence-corrected chi connectivity index (χ4v) is 2.71. The zero-order chi connectivity index (χ0) is 15.1. The molecule has 0 saturated carbocycles. The lowest BCUT2D eigenvalue weighted by Crippen LogP contribution is -2.42. The van der Waals surface area contributed by atoms with Gasteiger partial charge in [-0.1, -0.05) is 18.2 Å². The number of aliphatic hydroxyl groups excluding tert-OH is 1. The molecule has 0 spiro atoms. The van der Waals surface area contributed by atoms with E-state index in [4.69, 9.17) is 5.11 Å². The number of carbonyl (C=O) groups excluding carboxylic acids is 1. The van der Waals surface area contributed by atoms with Crippen molar-refractivity contribution in [3.8, 4) is 0 Å². The summed E-state index contributed by atoms with van der Waals surface area (Å²) in [6.07, 6.45) is 2.33. The van der Waals surface area contributed by atoms with E-state index < -0.39 is 0 Å². The Balaban J connectivity index is 1.86. The van der Waals surface area contributed by atoms with Crippen molar-refractivity contribution in [2.75, 3.05) is 38.1 Å². The van der Waals surface area contributed by atoms with E-state index in [0.717, 1.165) is 30.8 Å². The summed E-state index contributed by atoms with van der Waals surface area (Å²) in [5.41, 5.74) is 1.91. The summed E-state index contributed by atoms with van der Waals surface area (Å²) in [4.78, 5) is 14.2. The van der Waals surface area contributed by atoms with E-state index in [1.54, 1.807) is 0 Å². The summed E-state index contributed by atoms with van der Waals surface area (Å²) in [5.74, 6) is -0.0317. The molecule has 1 aliphatic rings. The number of hydrogen-bond acceptors (Lipinski definition) is 4. The van der Waals surface area contributed by atoms with Gasteiger partial charge >= 0.3 is 0 Å². The molecule has 116 valence electrons. The quantitative estimate of drug-likeness (QED) is 0.701. The third-order valence-corrected chi connectivity index (χ3v) is 3.84. The molecule has 1 heterocycles. The van der Waals surface area contributed by atoms with Gasteiger partial charge in [-0.2, -0.15) is 0 Å². The number of nitrogens with zero attached hydrogens (tertiary/aromatic N) is 1. The van der Waals surface area contributed by atoms with Gasteiger partial charge < -0.3 is 15.7 Å². The van der Waals surface area contributed by atoms with E-state index in [1.165, 1.54) is 6.42 Å². The highest BCUT2D eigenvalue weighted by Gasteiger charge is 2.19. The highest BCUT2D eigenvalue weighted by molar-refractivity contribution is 5.92. The molecule has 1 aromatic rings. The third kappa shape index (κ3) is 5.12. The Morgan fingerprint density at radius 2 is 2.29 bits per heavy atom. The zero-order valence-corrected chi connectivity index (χ0v) is 12.6. The number of amides is 1. The highest BCUT2D eigenvalue weighted by Crippen LogP contribution is 2.13. The highest BCUT2D eigenvalue weighted by atomic mass is 16.3. The first-order valence-electron chi connectivity index (χ1n) is 7.61. The number of benzene rings is 1. The maximum absolute atomic E-state index is 12.2. The van der Waals surface area contributed by atoms with Gasteiger partial charge in [0.15, 0.2) is 0 Å². The first-order valence-corrected chi connectivity index (χ1v) is 7.61. The standard InChI is InChI=1S/C16H25N3O2/c1-13-5-2-3-7-15(13)18-16(21)12-19(9-10-20)11-14-6-4-8-17-14/h2-3,5,7,14,17,20H,4,6,8-12H2,1H3,(H,18,21). The predicted octanol–water partition coefficient (Wildman–Crippen LogP) is 0.980. The molecule has 1 atom stereocenters.